The minimum absolute atomic E-state index is 0.481. The van der Waals surface area contributed by atoms with Crippen LogP contribution in [0.3, 0.4) is 0 Å². The zero-order chi connectivity index (χ0) is 9.26. The first-order chi connectivity index (χ1) is 6.25. The van der Waals surface area contributed by atoms with E-state index in [1.54, 1.807) is 0 Å². The molecule has 1 aromatic carbocycles. The van der Waals surface area contributed by atoms with Gasteiger partial charge in [-0.25, -0.2) is 0 Å². The van der Waals surface area contributed by atoms with Crippen LogP contribution in [0.4, 0.5) is 0 Å². The Morgan fingerprint density at radius 1 is 1.31 bits per heavy atom. The van der Waals surface area contributed by atoms with Crippen molar-refractivity contribution in [1.82, 2.24) is 0 Å². The van der Waals surface area contributed by atoms with Crippen molar-refractivity contribution in [2.45, 2.75) is 32.2 Å². The van der Waals surface area contributed by atoms with Gasteiger partial charge < -0.3 is 5.73 Å². The zero-order valence-electron chi connectivity index (χ0n) is 8.16. The second-order valence-electron chi connectivity index (χ2n) is 4.23. The molecule has 1 fully saturated rings. The van der Waals surface area contributed by atoms with Crippen molar-refractivity contribution >= 4 is 0 Å². The van der Waals surface area contributed by atoms with Crippen molar-refractivity contribution in [2.24, 2.45) is 11.7 Å². The molecule has 1 aliphatic rings. The highest BCUT2D eigenvalue weighted by Crippen LogP contribution is 2.29. The van der Waals surface area contributed by atoms with Gasteiger partial charge in [0.1, 0.15) is 0 Å². The van der Waals surface area contributed by atoms with E-state index in [1.807, 2.05) is 0 Å². The number of benzene rings is 1. The van der Waals surface area contributed by atoms with Crippen LogP contribution >= 0.6 is 0 Å². The standard InChI is InChI=1S/C12H17N/c1-9-4-2-3-5-11(9)6-10-7-12(13)8-10/h2-5,10,12H,6-8,13H2,1H3. The Kier molecular flexibility index (Phi) is 2.36. The van der Waals surface area contributed by atoms with Crippen molar-refractivity contribution in [3.63, 3.8) is 0 Å². The first-order valence-electron chi connectivity index (χ1n) is 5.06. The van der Waals surface area contributed by atoms with Gasteiger partial charge in [-0.05, 0) is 43.2 Å². The average molecular weight is 175 g/mol. The lowest BCUT2D eigenvalue weighted by Crippen LogP contribution is -2.37. The Balaban J connectivity index is 1.98. The predicted molar refractivity (Wildman–Crippen MR) is 55.6 cm³/mol. The molecular formula is C12H17N. The fourth-order valence-electron chi connectivity index (χ4n) is 2.10. The highest BCUT2D eigenvalue weighted by atomic mass is 14.7. The van der Waals surface area contributed by atoms with Crippen LogP contribution in [-0.4, -0.2) is 6.04 Å². The van der Waals surface area contributed by atoms with E-state index >= 15 is 0 Å². The fraction of sp³-hybridized carbons (Fsp3) is 0.500. The maximum atomic E-state index is 5.76. The third kappa shape index (κ3) is 1.92. The van der Waals surface area contributed by atoms with Crippen molar-refractivity contribution in [3.05, 3.63) is 35.4 Å². The van der Waals surface area contributed by atoms with E-state index in [2.05, 4.69) is 31.2 Å². The number of nitrogens with two attached hydrogens (primary N) is 1. The SMILES string of the molecule is Cc1ccccc1CC1CC(N)C1. The van der Waals surface area contributed by atoms with Crippen molar-refractivity contribution in [3.8, 4) is 0 Å². The molecule has 13 heavy (non-hydrogen) atoms. The lowest BCUT2D eigenvalue weighted by Gasteiger charge is -2.32. The molecule has 0 radical (unpaired) electrons. The molecule has 0 heterocycles. The van der Waals surface area contributed by atoms with Crippen LogP contribution in [0, 0.1) is 12.8 Å². The quantitative estimate of drug-likeness (QED) is 0.733. The fourth-order valence-corrected chi connectivity index (χ4v) is 2.10. The molecule has 0 spiro atoms. The molecule has 0 aliphatic heterocycles. The van der Waals surface area contributed by atoms with Gasteiger partial charge in [0.25, 0.3) is 0 Å². The second-order valence-corrected chi connectivity index (χ2v) is 4.23. The molecular weight excluding hydrogens is 158 g/mol. The highest BCUT2D eigenvalue weighted by Gasteiger charge is 2.25. The monoisotopic (exact) mass is 175 g/mol. The Labute approximate surface area is 80.0 Å². The second kappa shape index (κ2) is 3.51. The van der Waals surface area contributed by atoms with Gasteiger partial charge in [0.15, 0.2) is 0 Å². The number of aryl methyl sites for hydroxylation is 1. The van der Waals surface area contributed by atoms with E-state index in [0.717, 1.165) is 5.92 Å². The van der Waals surface area contributed by atoms with E-state index in [4.69, 9.17) is 5.73 Å². The summed E-state index contributed by atoms with van der Waals surface area (Å²) >= 11 is 0. The van der Waals surface area contributed by atoms with Gasteiger partial charge in [0, 0.05) is 6.04 Å². The molecule has 0 saturated heterocycles. The molecule has 1 aromatic rings. The summed E-state index contributed by atoms with van der Waals surface area (Å²) in [5.74, 6) is 0.844. The maximum Gasteiger partial charge on any atom is 0.00443 e. The Morgan fingerprint density at radius 3 is 2.62 bits per heavy atom. The molecule has 0 amide bonds. The molecule has 0 bridgehead atoms. The summed E-state index contributed by atoms with van der Waals surface area (Å²) in [4.78, 5) is 0. The van der Waals surface area contributed by atoms with Gasteiger partial charge in [0.05, 0.1) is 0 Å². The third-order valence-corrected chi connectivity index (χ3v) is 3.04. The van der Waals surface area contributed by atoms with Crippen LogP contribution < -0.4 is 5.73 Å². The highest BCUT2D eigenvalue weighted by molar-refractivity contribution is 5.26. The van der Waals surface area contributed by atoms with Gasteiger partial charge in [-0.1, -0.05) is 24.3 Å². The van der Waals surface area contributed by atoms with E-state index in [1.165, 1.54) is 30.4 Å². The molecule has 2 N–H and O–H groups in total. The molecule has 1 nitrogen and oxygen atoms in total. The van der Waals surface area contributed by atoms with Crippen LogP contribution in [0.15, 0.2) is 24.3 Å². The summed E-state index contributed by atoms with van der Waals surface area (Å²) in [5.41, 5.74) is 8.68. The predicted octanol–water partition coefficient (Wildman–Crippen LogP) is 2.27. The van der Waals surface area contributed by atoms with Gasteiger partial charge in [-0.3, -0.25) is 0 Å². The molecule has 1 saturated carbocycles. The summed E-state index contributed by atoms with van der Waals surface area (Å²) in [6.07, 6.45) is 3.66. The van der Waals surface area contributed by atoms with Gasteiger partial charge >= 0.3 is 0 Å². The molecule has 70 valence electrons. The van der Waals surface area contributed by atoms with Crippen molar-refractivity contribution in [2.75, 3.05) is 0 Å². The van der Waals surface area contributed by atoms with Crippen molar-refractivity contribution < 1.29 is 0 Å². The van der Waals surface area contributed by atoms with E-state index in [-0.39, 0.29) is 0 Å². The molecule has 1 aliphatic carbocycles. The first-order valence-corrected chi connectivity index (χ1v) is 5.06. The van der Waals surface area contributed by atoms with Gasteiger partial charge in [-0.2, -0.15) is 0 Å². The average Bonchev–Trinajstić information content (AvgIpc) is 2.06. The van der Waals surface area contributed by atoms with E-state index in [9.17, 15) is 0 Å². The van der Waals surface area contributed by atoms with Crippen LogP contribution in [0.1, 0.15) is 24.0 Å². The Bertz CT molecular complexity index is 287. The van der Waals surface area contributed by atoms with Gasteiger partial charge in [0.2, 0.25) is 0 Å². The van der Waals surface area contributed by atoms with Crippen LogP contribution in [-0.2, 0) is 6.42 Å². The zero-order valence-corrected chi connectivity index (χ0v) is 8.16. The molecule has 1 heteroatoms. The number of hydrogen-bond donors (Lipinski definition) is 1. The maximum absolute atomic E-state index is 5.76. The summed E-state index contributed by atoms with van der Waals surface area (Å²) in [7, 11) is 0. The first kappa shape index (κ1) is 8.76. The normalized spacial score (nSPS) is 26.9. The minimum Gasteiger partial charge on any atom is -0.328 e. The smallest absolute Gasteiger partial charge is 0.00443 e. The van der Waals surface area contributed by atoms with E-state index in [0.29, 0.717) is 6.04 Å². The Morgan fingerprint density at radius 2 is 2.00 bits per heavy atom. The lowest BCUT2D eigenvalue weighted by atomic mass is 9.77. The van der Waals surface area contributed by atoms with E-state index < -0.39 is 0 Å². The summed E-state index contributed by atoms with van der Waals surface area (Å²) in [6.45, 7) is 2.19. The molecule has 0 aromatic heterocycles. The minimum atomic E-state index is 0.481. The van der Waals surface area contributed by atoms with Crippen LogP contribution in [0.5, 0.6) is 0 Å². The van der Waals surface area contributed by atoms with Gasteiger partial charge in [-0.15, -0.1) is 0 Å². The summed E-state index contributed by atoms with van der Waals surface area (Å²) in [6, 6.07) is 9.13. The van der Waals surface area contributed by atoms with Crippen molar-refractivity contribution in [1.29, 1.82) is 0 Å². The summed E-state index contributed by atoms with van der Waals surface area (Å²) < 4.78 is 0. The van der Waals surface area contributed by atoms with Crippen LogP contribution in [0.25, 0.3) is 0 Å². The molecule has 0 atom stereocenters. The third-order valence-electron chi connectivity index (χ3n) is 3.04. The Hall–Kier alpha value is -0.820. The van der Waals surface area contributed by atoms with Crippen LogP contribution in [0.2, 0.25) is 0 Å². The molecule has 0 unspecified atom stereocenters. The number of rotatable bonds is 2. The largest absolute Gasteiger partial charge is 0.328 e. The summed E-state index contributed by atoms with van der Waals surface area (Å²) in [5, 5.41) is 0. The lowest BCUT2D eigenvalue weighted by molar-refractivity contribution is 0.264. The molecule has 2 rings (SSSR count). The topological polar surface area (TPSA) is 26.0 Å². The number of hydrogen-bond acceptors (Lipinski definition) is 1.